The summed E-state index contributed by atoms with van der Waals surface area (Å²) in [6.45, 7) is 0. The highest BCUT2D eigenvalue weighted by atomic mass is 35.5. The zero-order chi connectivity index (χ0) is 17.6. The maximum atomic E-state index is 12.0. The van der Waals surface area contributed by atoms with Gasteiger partial charge in [-0.2, -0.15) is 0 Å². The SMILES string of the molecule is O=c1[nH]cc(-c2cc([C@H]3C[C@@H]3c3cccc(Cl)c3)c(Cl)nn2)c(=O)[nH]1. The van der Waals surface area contributed by atoms with Crippen molar-refractivity contribution in [1.29, 1.82) is 0 Å². The van der Waals surface area contributed by atoms with Crippen LogP contribution in [0.15, 0.2) is 46.1 Å². The number of aromatic nitrogens is 4. The van der Waals surface area contributed by atoms with E-state index in [1.54, 1.807) is 6.07 Å². The van der Waals surface area contributed by atoms with E-state index < -0.39 is 11.2 Å². The van der Waals surface area contributed by atoms with Gasteiger partial charge in [-0.15, -0.1) is 10.2 Å². The first-order chi connectivity index (χ1) is 12.0. The summed E-state index contributed by atoms with van der Waals surface area (Å²) < 4.78 is 0. The van der Waals surface area contributed by atoms with Crippen LogP contribution in [0.1, 0.15) is 29.4 Å². The average molecular weight is 375 g/mol. The number of hydrogen-bond donors (Lipinski definition) is 2. The van der Waals surface area contributed by atoms with Crippen LogP contribution in [0.3, 0.4) is 0 Å². The van der Waals surface area contributed by atoms with Crippen LogP contribution in [0.5, 0.6) is 0 Å². The van der Waals surface area contributed by atoms with E-state index in [-0.39, 0.29) is 11.5 Å². The number of nitrogens with zero attached hydrogens (tertiary/aromatic N) is 2. The number of benzene rings is 1. The Bertz CT molecular complexity index is 1080. The van der Waals surface area contributed by atoms with Crippen molar-refractivity contribution in [2.75, 3.05) is 0 Å². The predicted molar refractivity (Wildman–Crippen MR) is 95.3 cm³/mol. The molecule has 1 fully saturated rings. The Morgan fingerprint density at radius 3 is 2.68 bits per heavy atom. The number of aromatic amines is 2. The van der Waals surface area contributed by atoms with Crippen molar-refractivity contribution in [1.82, 2.24) is 20.2 Å². The van der Waals surface area contributed by atoms with E-state index in [0.29, 0.717) is 21.8 Å². The van der Waals surface area contributed by atoms with Gasteiger partial charge in [0.25, 0.3) is 5.56 Å². The topological polar surface area (TPSA) is 91.5 Å². The fraction of sp³-hybridized carbons (Fsp3) is 0.176. The van der Waals surface area contributed by atoms with Crippen LogP contribution < -0.4 is 11.2 Å². The molecule has 2 atom stereocenters. The van der Waals surface area contributed by atoms with Crippen molar-refractivity contribution in [3.8, 4) is 11.3 Å². The summed E-state index contributed by atoms with van der Waals surface area (Å²) in [5.74, 6) is 0.504. The second-order valence-electron chi connectivity index (χ2n) is 5.97. The maximum absolute atomic E-state index is 12.0. The molecular formula is C17H12Cl2N4O2. The second kappa shape index (κ2) is 6.13. The van der Waals surface area contributed by atoms with Gasteiger partial charge in [0.2, 0.25) is 0 Å². The molecule has 4 rings (SSSR count). The van der Waals surface area contributed by atoms with Crippen LogP contribution in [0.2, 0.25) is 10.2 Å². The highest BCUT2D eigenvalue weighted by Gasteiger charge is 2.41. The monoisotopic (exact) mass is 374 g/mol. The third-order valence-electron chi connectivity index (χ3n) is 4.34. The highest BCUT2D eigenvalue weighted by Crippen LogP contribution is 2.56. The summed E-state index contributed by atoms with van der Waals surface area (Å²) in [5, 5.41) is 8.96. The first-order valence-corrected chi connectivity index (χ1v) is 8.39. The Kier molecular flexibility index (Phi) is 3.94. The Balaban J connectivity index is 1.70. The van der Waals surface area contributed by atoms with E-state index in [0.717, 1.165) is 17.5 Å². The average Bonchev–Trinajstić information content (AvgIpc) is 3.36. The second-order valence-corrected chi connectivity index (χ2v) is 6.76. The molecule has 2 aromatic heterocycles. The molecule has 1 saturated carbocycles. The largest absolute Gasteiger partial charge is 0.325 e. The van der Waals surface area contributed by atoms with Crippen molar-refractivity contribution in [2.45, 2.75) is 18.3 Å². The summed E-state index contributed by atoms with van der Waals surface area (Å²) in [7, 11) is 0. The zero-order valence-electron chi connectivity index (χ0n) is 12.8. The smallest absolute Gasteiger partial charge is 0.313 e. The van der Waals surface area contributed by atoms with Crippen molar-refractivity contribution in [3.05, 3.63) is 78.7 Å². The fourth-order valence-electron chi connectivity index (χ4n) is 3.03. The van der Waals surface area contributed by atoms with E-state index in [9.17, 15) is 9.59 Å². The standard InChI is InChI=1S/C17H12Cl2N4O2/c18-9-3-1-2-8(4-9)10-5-11(10)12-6-14(22-23-15(12)19)13-7-20-17(25)21-16(13)24/h1-4,6-7,10-11H,5H2,(H2,20,21,24,25)/t10-,11+/m1/s1. The minimum Gasteiger partial charge on any atom is -0.313 e. The molecule has 126 valence electrons. The number of H-pyrrole nitrogens is 2. The molecular weight excluding hydrogens is 363 g/mol. The van der Waals surface area contributed by atoms with Crippen molar-refractivity contribution >= 4 is 23.2 Å². The molecule has 0 spiro atoms. The molecule has 3 aromatic rings. The van der Waals surface area contributed by atoms with Gasteiger partial charge in [-0.3, -0.25) is 9.78 Å². The highest BCUT2D eigenvalue weighted by molar-refractivity contribution is 6.30. The zero-order valence-corrected chi connectivity index (χ0v) is 14.3. The molecule has 0 bridgehead atoms. The lowest BCUT2D eigenvalue weighted by atomic mass is 10.0. The molecule has 25 heavy (non-hydrogen) atoms. The molecule has 2 N–H and O–H groups in total. The van der Waals surface area contributed by atoms with Gasteiger partial charge in [0.15, 0.2) is 5.15 Å². The van der Waals surface area contributed by atoms with E-state index >= 15 is 0 Å². The van der Waals surface area contributed by atoms with Crippen molar-refractivity contribution in [2.24, 2.45) is 0 Å². The minimum atomic E-state index is -0.570. The first-order valence-electron chi connectivity index (χ1n) is 7.64. The predicted octanol–water partition coefficient (Wildman–Crippen LogP) is 3.10. The van der Waals surface area contributed by atoms with E-state index in [1.807, 2.05) is 24.3 Å². The third-order valence-corrected chi connectivity index (χ3v) is 4.87. The van der Waals surface area contributed by atoms with E-state index in [2.05, 4.69) is 20.2 Å². The molecule has 8 heteroatoms. The molecule has 1 aliphatic carbocycles. The van der Waals surface area contributed by atoms with E-state index in [4.69, 9.17) is 23.2 Å². The molecule has 6 nitrogen and oxygen atoms in total. The minimum absolute atomic E-state index is 0.196. The third kappa shape index (κ3) is 3.10. The van der Waals surface area contributed by atoms with Gasteiger partial charge in [-0.1, -0.05) is 35.3 Å². The quantitative estimate of drug-likeness (QED) is 0.736. The number of rotatable bonds is 3. The molecule has 2 heterocycles. The Morgan fingerprint density at radius 2 is 1.92 bits per heavy atom. The number of hydrogen-bond acceptors (Lipinski definition) is 4. The van der Waals surface area contributed by atoms with Gasteiger partial charge in [0, 0.05) is 11.2 Å². The van der Waals surface area contributed by atoms with Gasteiger partial charge in [-0.05, 0) is 47.6 Å². The van der Waals surface area contributed by atoms with Crippen LogP contribution in [-0.4, -0.2) is 20.2 Å². The Labute approximate surface area is 151 Å². The van der Waals surface area contributed by atoms with Gasteiger partial charge < -0.3 is 4.98 Å². The van der Waals surface area contributed by atoms with Crippen molar-refractivity contribution < 1.29 is 0 Å². The Morgan fingerprint density at radius 1 is 1.08 bits per heavy atom. The number of halogens is 2. The summed E-state index contributed by atoms with van der Waals surface area (Å²) in [5.41, 5.74) is 1.50. The molecule has 0 saturated heterocycles. The van der Waals surface area contributed by atoms with Crippen LogP contribution in [0.4, 0.5) is 0 Å². The summed E-state index contributed by atoms with van der Waals surface area (Å²) in [4.78, 5) is 27.7. The number of nitrogens with one attached hydrogen (secondary N) is 2. The normalized spacial score (nSPS) is 19.0. The van der Waals surface area contributed by atoms with E-state index in [1.165, 1.54) is 6.20 Å². The fourth-order valence-corrected chi connectivity index (χ4v) is 3.46. The molecule has 0 amide bonds. The molecule has 0 aliphatic heterocycles. The lowest BCUT2D eigenvalue weighted by Gasteiger charge is -2.06. The molecule has 0 unspecified atom stereocenters. The maximum Gasteiger partial charge on any atom is 0.325 e. The summed E-state index contributed by atoms with van der Waals surface area (Å²) in [6, 6.07) is 9.50. The molecule has 1 aromatic carbocycles. The van der Waals surface area contributed by atoms with Gasteiger partial charge in [0.1, 0.15) is 5.69 Å². The van der Waals surface area contributed by atoms with Gasteiger partial charge >= 0.3 is 5.69 Å². The Hall–Kier alpha value is -2.44. The summed E-state index contributed by atoms with van der Waals surface area (Å²) >= 11 is 12.3. The molecule has 0 radical (unpaired) electrons. The van der Waals surface area contributed by atoms with Crippen LogP contribution in [0.25, 0.3) is 11.3 Å². The van der Waals surface area contributed by atoms with Crippen LogP contribution in [0, 0.1) is 0 Å². The summed E-state index contributed by atoms with van der Waals surface area (Å²) in [6.07, 6.45) is 2.25. The van der Waals surface area contributed by atoms with Crippen molar-refractivity contribution in [3.63, 3.8) is 0 Å². The lowest BCUT2D eigenvalue weighted by Crippen LogP contribution is -2.23. The van der Waals surface area contributed by atoms with Gasteiger partial charge in [0.05, 0.1) is 5.56 Å². The van der Waals surface area contributed by atoms with Gasteiger partial charge in [-0.25, -0.2) is 4.79 Å². The first kappa shape index (κ1) is 16.1. The van der Waals surface area contributed by atoms with Crippen LogP contribution >= 0.6 is 23.2 Å². The van der Waals surface area contributed by atoms with Crippen LogP contribution in [-0.2, 0) is 0 Å². The molecule has 1 aliphatic rings. The lowest BCUT2D eigenvalue weighted by molar-refractivity contribution is 0.952.